The largest absolute Gasteiger partial charge is 0.350 e. The lowest BCUT2D eigenvalue weighted by molar-refractivity contribution is 0.409. The van der Waals surface area contributed by atoms with Crippen LogP contribution < -0.4 is 11.1 Å². The Bertz CT molecular complexity index is 1190. The number of pyridine rings is 1. The van der Waals surface area contributed by atoms with Crippen molar-refractivity contribution in [1.29, 1.82) is 0 Å². The summed E-state index contributed by atoms with van der Waals surface area (Å²) >= 11 is 0. The van der Waals surface area contributed by atoms with Gasteiger partial charge < -0.3 is 15.6 Å². The maximum absolute atomic E-state index is 13.0. The van der Waals surface area contributed by atoms with Gasteiger partial charge in [0.1, 0.15) is 18.0 Å². The number of nitrogens with one attached hydrogen (secondary N) is 1. The smallest absolute Gasteiger partial charge is 0.241 e. The van der Waals surface area contributed by atoms with Gasteiger partial charge in [0.2, 0.25) is 5.95 Å². The molecule has 0 spiro atoms. The first kappa shape index (κ1) is 18.9. The summed E-state index contributed by atoms with van der Waals surface area (Å²) in [6.07, 6.45) is 7.85. The van der Waals surface area contributed by atoms with Gasteiger partial charge in [-0.15, -0.1) is 5.10 Å². The van der Waals surface area contributed by atoms with Gasteiger partial charge in [0.05, 0.1) is 24.0 Å². The van der Waals surface area contributed by atoms with E-state index < -0.39 is 6.67 Å². The molecule has 0 bridgehead atoms. The van der Waals surface area contributed by atoms with Crippen LogP contribution in [0.3, 0.4) is 0 Å². The predicted molar refractivity (Wildman–Crippen MR) is 114 cm³/mol. The number of nitrogens with zero attached hydrogens (tertiary/aromatic N) is 6. The normalized spacial score (nSPS) is 19.6. The molecular formula is C21H25FN8. The molecule has 3 N–H and O–H groups in total. The number of rotatable bonds is 5. The van der Waals surface area contributed by atoms with Gasteiger partial charge in [0.15, 0.2) is 5.65 Å². The second-order valence-electron chi connectivity index (χ2n) is 7.94. The van der Waals surface area contributed by atoms with E-state index in [4.69, 9.17) is 10.7 Å². The van der Waals surface area contributed by atoms with Crippen LogP contribution in [0.1, 0.15) is 31.5 Å². The monoisotopic (exact) mass is 408 g/mol. The van der Waals surface area contributed by atoms with E-state index in [0.29, 0.717) is 23.7 Å². The third-order valence-corrected chi connectivity index (χ3v) is 5.89. The molecule has 156 valence electrons. The van der Waals surface area contributed by atoms with E-state index in [1.54, 1.807) is 0 Å². The molecule has 0 atom stereocenters. The van der Waals surface area contributed by atoms with Crippen LogP contribution in [-0.4, -0.2) is 47.9 Å². The van der Waals surface area contributed by atoms with Crippen molar-refractivity contribution in [3.8, 4) is 11.3 Å². The van der Waals surface area contributed by atoms with Crippen molar-refractivity contribution < 1.29 is 4.39 Å². The Morgan fingerprint density at radius 3 is 2.80 bits per heavy atom. The van der Waals surface area contributed by atoms with Gasteiger partial charge in [-0.1, -0.05) is 0 Å². The highest BCUT2D eigenvalue weighted by atomic mass is 19.1. The van der Waals surface area contributed by atoms with E-state index in [-0.39, 0.29) is 6.54 Å². The number of anilines is 1. The topological polar surface area (TPSA) is 98.9 Å². The third kappa shape index (κ3) is 3.39. The SMILES string of the molecule is Cc1nc2ccc(-c3ccn4nc(N[C@H]5CC[C@@H](N)CC5)ncc34)nc2n1CCF. The molecule has 1 fully saturated rings. The fraction of sp³-hybridized carbons (Fsp3) is 0.429. The highest BCUT2D eigenvalue weighted by molar-refractivity contribution is 5.82. The minimum absolute atomic E-state index is 0.250. The zero-order valence-electron chi connectivity index (χ0n) is 16.9. The number of alkyl halides is 1. The quantitative estimate of drug-likeness (QED) is 0.526. The zero-order valence-corrected chi connectivity index (χ0v) is 16.9. The van der Waals surface area contributed by atoms with Crippen LogP contribution in [0, 0.1) is 6.92 Å². The van der Waals surface area contributed by atoms with Crippen molar-refractivity contribution in [1.82, 2.24) is 29.1 Å². The second-order valence-corrected chi connectivity index (χ2v) is 7.94. The molecule has 4 aromatic rings. The Morgan fingerprint density at radius 1 is 1.17 bits per heavy atom. The molecule has 8 nitrogen and oxygen atoms in total. The van der Waals surface area contributed by atoms with Gasteiger partial charge in [-0.2, -0.15) is 0 Å². The molecule has 4 heterocycles. The molecule has 0 unspecified atom stereocenters. The Hall–Kier alpha value is -3.07. The van der Waals surface area contributed by atoms with Crippen molar-refractivity contribution in [3.63, 3.8) is 0 Å². The number of hydrogen-bond donors (Lipinski definition) is 2. The molecule has 4 aromatic heterocycles. The van der Waals surface area contributed by atoms with Crippen molar-refractivity contribution >= 4 is 22.6 Å². The molecular weight excluding hydrogens is 383 g/mol. The number of nitrogens with two attached hydrogens (primary N) is 1. The van der Waals surface area contributed by atoms with Crippen molar-refractivity contribution in [2.45, 2.75) is 51.2 Å². The van der Waals surface area contributed by atoms with Crippen molar-refractivity contribution in [2.24, 2.45) is 5.73 Å². The number of aryl methyl sites for hydroxylation is 2. The van der Waals surface area contributed by atoms with Crippen LogP contribution in [0.4, 0.5) is 10.3 Å². The van der Waals surface area contributed by atoms with Gasteiger partial charge in [-0.05, 0) is 50.8 Å². The Balaban J connectivity index is 1.45. The molecule has 9 heteroatoms. The summed E-state index contributed by atoms with van der Waals surface area (Å²) in [6, 6.07) is 6.51. The average Bonchev–Trinajstić information content (AvgIpc) is 3.30. The maximum atomic E-state index is 13.0. The molecule has 5 rings (SSSR count). The molecule has 0 saturated heterocycles. The second kappa shape index (κ2) is 7.64. The molecule has 0 aromatic carbocycles. The standard InChI is InChI=1S/C21H25FN8/c1-13-25-18-7-6-17(27-20(18)29(13)11-9-22)16-8-10-30-19(16)12-24-21(28-30)26-15-4-2-14(23)3-5-15/h6-8,10,12,14-15H,2-5,9,11,23H2,1H3,(H,26,28)/t14-,15+. The van der Waals surface area contributed by atoms with Gasteiger partial charge in [0, 0.05) is 23.8 Å². The molecule has 0 radical (unpaired) electrons. The van der Waals surface area contributed by atoms with Gasteiger partial charge in [-0.3, -0.25) is 0 Å². The van der Waals surface area contributed by atoms with Gasteiger partial charge >= 0.3 is 0 Å². The van der Waals surface area contributed by atoms with Crippen molar-refractivity contribution in [2.75, 3.05) is 12.0 Å². The first-order valence-corrected chi connectivity index (χ1v) is 10.4. The Labute approximate surface area is 173 Å². The number of hydrogen-bond acceptors (Lipinski definition) is 6. The summed E-state index contributed by atoms with van der Waals surface area (Å²) in [5.41, 5.74) is 10.0. The fourth-order valence-electron chi connectivity index (χ4n) is 4.25. The molecule has 1 aliphatic rings. The number of aromatic nitrogens is 6. The fourth-order valence-corrected chi connectivity index (χ4v) is 4.25. The first-order valence-electron chi connectivity index (χ1n) is 10.4. The molecule has 0 amide bonds. The molecule has 30 heavy (non-hydrogen) atoms. The summed E-state index contributed by atoms with van der Waals surface area (Å²) < 4.78 is 16.6. The van der Waals surface area contributed by atoms with E-state index in [2.05, 4.69) is 20.4 Å². The van der Waals surface area contributed by atoms with Crippen molar-refractivity contribution in [3.05, 3.63) is 36.4 Å². The lowest BCUT2D eigenvalue weighted by atomic mass is 9.92. The van der Waals surface area contributed by atoms with Crippen LogP contribution in [0.2, 0.25) is 0 Å². The summed E-state index contributed by atoms with van der Waals surface area (Å²) in [6.45, 7) is 1.66. The highest BCUT2D eigenvalue weighted by Crippen LogP contribution is 2.27. The van der Waals surface area contributed by atoms with Gasteiger partial charge in [-0.25, -0.2) is 23.9 Å². The van der Waals surface area contributed by atoms with Crippen LogP contribution in [-0.2, 0) is 6.54 Å². The predicted octanol–water partition coefficient (Wildman–Crippen LogP) is 3.10. The first-order chi connectivity index (χ1) is 14.6. The minimum Gasteiger partial charge on any atom is -0.350 e. The van der Waals surface area contributed by atoms with Crippen LogP contribution >= 0.6 is 0 Å². The van der Waals surface area contributed by atoms with Crippen LogP contribution in [0.25, 0.3) is 27.9 Å². The molecule has 0 aliphatic heterocycles. The number of imidazole rings is 1. The Morgan fingerprint density at radius 2 is 2.00 bits per heavy atom. The van der Waals surface area contributed by atoms with Crippen LogP contribution in [0.15, 0.2) is 30.6 Å². The van der Waals surface area contributed by atoms with E-state index in [1.165, 1.54) is 0 Å². The van der Waals surface area contributed by atoms with E-state index in [9.17, 15) is 4.39 Å². The summed E-state index contributed by atoms with van der Waals surface area (Å²) in [4.78, 5) is 13.8. The highest BCUT2D eigenvalue weighted by Gasteiger charge is 2.19. The van der Waals surface area contributed by atoms with Gasteiger partial charge in [0.25, 0.3) is 0 Å². The minimum atomic E-state index is -0.454. The average molecular weight is 408 g/mol. The van der Waals surface area contributed by atoms with E-state index >= 15 is 0 Å². The lowest BCUT2D eigenvalue weighted by Crippen LogP contribution is -2.33. The van der Waals surface area contributed by atoms with E-state index in [0.717, 1.165) is 53.8 Å². The number of halogens is 1. The summed E-state index contributed by atoms with van der Waals surface area (Å²) in [5.74, 6) is 1.38. The molecule has 1 saturated carbocycles. The summed E-state index contributed by atoms with van der Waals surface area (Å²) in [5, 5.41) is 8.05. The summed E-state index contributed by atoms with van der Waals surface area (Å²) in [7, 11) is 0. The Kier molecular flexibility index (Phi) is 4.82. The van der Waals surface area contributed by atoms with E-state index in [1.807, 2.05) is 46.6 Å². The zero-order chi connectivity index (χ0) is 20.7. The van der Waals surface area contributed by atoms with Crippen LogP contribution in [0.5, 0.6) is 0 Å². The lowest BCUT2D eigenvalue weighted by Gasteiger charge is -2.26. The molecule has 1 aliphatic carbocycles. The third-order valence-electron chi connectivity index (χ3n) is 5.89. The maximum Gasteiger partial charge on any atom is 0.241 e. The number of fused-ring (bicyclic) bond motifs is 2.